The molecule has 0 bridgehead atoms. The quantitative estimate of drug-likeness (QED) is 0.864. The molecule has 0 fully saturated rings. The first-order chi connectivity index (χ1) is 7.54. The van der Waals surface area contributed by atoms with Crippen molar-refractivity contribution in [3.05, 3.63) is 29.1 Å². The van der Waals surface area contributed by atoms with Crippen LogP contribution >= 0.6 is 15.9 Å². The number of aromatic nitrogens is 1. The summed E-state index contributed by atoms with van der Waals surface area (Å²) in [5.74, 6) is -0.0431. The lowest BCUT2D eigenvalue weighted by atomic mass is 10.1. The van der Waals surface area contributed by atoms with Crippen LogP contribution in [0.3, 0.4) is 0 Å². The SMILES string of the molecule is Cc1ccc(C(=O)NC(C)CCBr)c(C)n1. The lowest BCUT2D eigenvalue weighted by molar-refractivity contribution is 0.0938. The van der Waals surface area contributed by atoms with Crippen molar-refractivity contribution in [3.63, 3.8) is 0 Å². The standard InChI is InChI=1S/C12H17BrN2O/c1-8-4-5-11(10(3)14-8)12(16)15-9(2)6-7-13/h4-5,9H,6-7H2,1-3H3,(H,15,16). The van der Waals surface area contributed by atoms with E-state index >= 15 is 0 Å². The minimum absolute atomic E-state index is 0.0431. The number of nitrogens with one attached hydrogen (secondary N) is 1. The molecule has 0 saturated carbocycles. The van der Waals surface area contributed by atoms with E-state index in [2.05, 4.69) is 26.2 Å². The fourth-order valence-corrected chi connectivity index (χ4v) is 2.15. The summed E-state index contributed by atoms with van der Waals surface area (Å²) in [6.07, 6.45) is 0.921. The van der Waals surface area contributed by atoms with E-state index in [1.165, 1.54) is 0 Å². The number of rotatable bonds is 4. The maximum Gasteiger partial charge on any atom is 0.253 e. The van der Waals surface area contributed by atoms with E-state index < -0.39 is 0 Å². The van der Waals surface area contributed by atoms with Gasteiger partial charge in [-0.15, -0.1) is 0 Å². The van der Waals surface area contributed by atoms with Crippen molar-refractivity contribution in [2.24, 2.45) is 0 Å². The van der Waals surface area contributed by atoms with Gasteiger partial charge in [-0.05, 0) is 39.3 Å². The van der Waals surface area contributed by atoms with Crippen LogP contribution in [0.2, 0.25) is 0 Å². The molecule has 0 aliphatic heterocycles. The molecule has 4 heteroatoms. The summed E-state index contributed by atoms with van der Waals surface area (Å²) < 4.78 is 0. The monoisotopic (exact) mass is 284 g/mol. The zero-order chi connectivity index (χ0) is 12.1. The highest BCUT2D eigenvalue weighted by Gasteiger charge is 2.12. The van der Waals surface area contributed by atoms with Crippen LogP contribution in [0.15, 0.2) is 12.1 Å². The van der Waals surface area contributed by atoms with Crippen molar-refractivity contribution in [2.75, 3.05) is 5.33 Å². The number of hydrogen-bond acceptors (Lipinski definition) is 2. The van der Waals surface area contributed by atoms with Crippen molar-refractivity contribution in [2.45, 2.75) is 33.2 Å². The Hall–Kier alpha value is -0.900. The molecular formula is C12H17BrN2O. The predicted octanol–water partition coefficient (Wildman–Crippen LogP) is 2.60. The highest BCUT2D eigenvalue weighted by molar-refractivity contribution is 9.09. The lowest BCUT2D eigenvalue weighted by Gasteiger charge is -2.13. The van der Waals surface area contributed by atoms with E-state index in [9.17, 15) is 4.79 Å². The Morgan fingerprint density at radius 1 is 1.50 bits per heavy atom. The van der Waals surface area contributed by atoms with Crippen LogP contribution < -0.4 is 5.32 Å². The second-order valence-corrected chi connectivity index (χ2v) is 4.73. The second-order valence-electron chi connectivity index (χ2n) is 3.94. The van der Waals surface area contributed by atoms with Crippen molar-refractivity contribution in [1.82, 2.24) is 10.3 Å². The van der Waals surface area contributed by atoms with E-state index in [-0.39, 0.29) is 11.9 Å². The fraction of sp³-hybridized carbons (Fsp3) is 0.500. The first-order valence-electron chi connectivity index (χ1n) is 5.35. The number of carbonyl (C=O) groups is 1. The first-order valence-corrected chi connectivity index (χ1v) is 6.48. The van der Waals surface area contributed by atoms with Gasteiger partial charge in [-0.3, -0.25) is 9.78 Å². The molecule has 1 amide bonds. The van der Waals surface area contributed by atoms with Gasteiger partial charge in [0.25, 0.3) is 5.91 Å². The largest absolute Gasteiger partial charge is 0.349 e. The third-order valence-electron chi connectivity index (χ3n) is 2.39. The summed E-state index contributed by atoms with van der Waals surface area (Å²) in [4.78, 5) is 16.2. The first kappa shape index (κ1) is 13.2. The van der Waals surface area contributed by atoms with E-state index in [4.69, 9.17) is 0 Å². The van der Waals surface area contributed by atoms with E-state index in [1.807, 2.05) is 32.9 Å². The van der Waals surface area contributed by atoms with Crippen LogP contribution in [0, 0.1) is 13.8 Å². The summed E-state index contributed by atoms with van der Waals surface area (Å²) in [7, 11) is 0. The summed E-state index contributed by atoms with van der Waals surface area (Å²) >= 11 is 3.36. The average Bonchev–Trinajstić information content (AvgIpc) is 2.17. The molecule has 1 heterocycles. The molecule has 1 aromatic rings. The van der Waals surface area contributed by atoms with Gasteiger partial charge < -0.3 is 5.32 Å². The smallest absolute Gasteiger partial charge is 0.253 e. The predicted molar refractivity (Wildman–Crippen MR) is 69.1 cm³/mol. The van der Waals surface area contributed by atoms with Crippen molar-refractivity contribution in [1.29, 1.82) is 0 Å². The number of amides is 1. The van der Waals surface area contributed by atoms with E-state index in [0.717, 1.165) is 23.1 Å². The maximum atomic E-state index is 11.9. The van der Waals surface area contributed by atoms with Gasteiger partial charge in [-0.1, -0.05) is 15.9 Å². The minimum atomic E-state index is -0.0431. The molecule has 0 aliphatic rings. The molecule has 1 N–H and O–H groups in total. The summed E-state index contributed by atoms with van der Waals surface area (Å²) in [5, 5.41) is 3.84. The molecule has 0 spiro atoms. The van der Waals surface area contributed by atoms with Gasteiger partial charge in [0.1, 0.15) is 0 Å². The highest BCUT2D eigenvalue weighted by atomic mass is 79.9. The average molecular weight is 285 g/mol. The van der Waals surface area contributed by atoms with Gasteiger partial charge in [-0.25, -0.2) is 0 Å². The fourth-order valence-electron chi connectivity index (χ4n) is 1.46. The number of pyridine rings is 1. The van der Waals surface area contributed by atoms with Crippen molar-refractivity contribution >= 4 is 21.8 Å². The molecule has 0 radical (unpaired) electrons. The number of halogens is 1. The van der Waals surface area contributed by atoms with E-state index in [0.29, 0.717) is 5.56 Å². The van der Waals surface area contributed by atoms with Crippen LogP contribution in [-0.4, -0.2) is 22.3 Å². The molecule has 0 aliphatic carbocycles. The van der Waals surface area contributed by atoms with Gasteiger partial charge in [0, 0.05) is 17.1 Å². The molecule has 3 nitrogen and oxygen atoms in total. The van der Waals surface area contributed by atoms with Crippen LogP contribution in [0.1, 0.15) is 35.1 Å². The summed E-state index contributed by atoms with van der Waals surface area (Å²) in [5.41, 5.74) is 2.37. The number of nitrogens with zero attached hydrogens (tertiary/aromatic N) is 1. The van der Waals surface area contributed by atoms with Gasteiger partial charge >= 0.3 is 0 Å². The molecule has 1 atom stereocenters. The number of aryl methyl sites for hydroxylation is 2. The zero-order valence-corrected chi connectivity index (χ0v) is 11.5. The Kier molecular flexibility index (Phi) is 4.93. The lowest BCUT2D eigenvalue weighted by Crippen LogP contribution is -2.33. The molecule has 1 rings (SSSR count). The topological polar surface area (TPSA) is 42.0 Å². The molecule has 16 heavy (non-hydrogen) atoms. The number of hydrogen-bond donors (Lipinski definition) is 1. The maximum absolute atomic E-state index is 11.9. The van der Waals surface area contributed by atoms with Crippen molar-refractivity contribution in [3.8, 4) is 0 Å². The molecule has 0 aromatic carbocycles. The molecule has 1 aromatic heterocycles. The summed E-state index contributed by atoms with van der Waals surface area (Å²) in [6, 6.07) is 3.86. The normalized spacial score (nSPS) is 12.2. The number of alkyl halides is 1. The number of carbonyl (C=O) groups excluding carboxylic acids is 1. The Labute approximate surface area is 105 Å². The Balaban J connectivity index is 2.73. The highest BCUT2D eigenvalue weighted by Crippen LogP contribution is 2.07. The molecule has 0 saturated heterocycles. The zero-order valence-electron chi connectivity index (χ0n) is 9.88. The Morgan fingerprint density at radius 2 is 2.19 bits per heavy atom. The van der Waals surface area contributed by atoms with Gasteiger partial charge in [0.15, 0.2) is 0 Å². The summed E-state index contributed by atoms with van der Waals surface area (Å²) in [6.45, 7) is 5.77. The third kappa shape index (κ3) is 3.59. The molecule has 88 valence electrons. The molecular weight excluding hydrogens is 268 g/mol. The van der Waals surface area contributed by atoms with Crippen molar-refractivity contribution < 1.29 is 4.79 Å². The van der Waals surface area contributed by atoms with Crippen LogP contribution in [0.5, 0.6) is 0 Å². The van der Waals surface area contributed by atoms with Crippen LogP contribution in [0.25, 0.3) is 0 Å². The van der Waals surface area contributed by atoms with Crippen LogP contribution in [0.4, 0.5) is 0 Å². The minimum Gasteiger partial charge on any atom is -0.349 e. The molecule has 1 unspecified atom stereocenters. The van der Waals surface area contributed by atoms with Gasteiger partial charge in [0.2, 0.25) is 0 Å². The Bertz CT molecular complexity index is 379. The third-order valence-corrected chi connectivity index (χ3v) is 2.85. The van der Waals surface area contributed by atoms with E-state index in [1.54, 1.807) is 0 Å². The second kappa shape index (κ2) is 5.99. The Morgan fingerprint density at radius 3 is 2.75 bits per heavy atom. The van der Waals surface area contributed by atoms with Gasteiger partial charge in [-0.2, -0.15) is 0 Å². The van der Waals surface area contributed by atoms with Gasteiger partial charge in [0.05, 0.1) is 11.3 Å². The van der Waals surface area contributed by atoms with Crippen LogP contribution in [-0.2, 0) is 0 Å².